The van der Waals surface area contributed by atoms with E-state index >= 15 is 0 Å². The zero-order chi connectivity index (χ0) is 17.3. The second kappa shape index (κ2) is 5.44. The van der Waals surface area contributed by atoms with Crippen LogP contribution in [0.4, 0.5) is 0 Å². The van der Waals surface area contributed by atoms with Gasteiger partial charge in [-0.25, -0.2) is 0 Å². The quantitative estimate of drug-likeness (QED) is 0.640. The van der Waals surface area contributed by atoms with Crippen LogP contribution in [0.2, 0.25) is 0 Å². The van der Waals surface area contributed by atoms with E-state index in [4.69, 9.17) is 0 Å². The van der Waals surface area contributed by atoms with Gasteiger partial charge in [0, 0.05) is 6.42 Å². The Hall–Kier alpha value is -0.120. The van der Waals surface area contributed by atoms with Gasteiger partial charge in [0.2, 0.25) is 0 Å². The highest BCUT2D eigenvalue weighted by molar-refractivity contribution is 5.10. The summed E-state index contributed by atoms with van der Waals surface area (Å²) in [6, 6.07) is 0. The van der Waals surface area contributed by atoms with Gasteiger partial charge in [0.25, 0.3) is 0 Å². The lowest BCUT2D eigenvalue weighted by Crippen LogP contribution is -2.60. The molecule has 138 valence electrons. The summed E-state index contributed by atoms with van der Waals surface area (Å²) in [6.07, 6.45) is 9.02. The molecule has 0 aromatic rings. The van der Waals surface area contributed by atoms with Gasteiger partial charge in [0.05, 0.1) is 0 Å². The van der Waals surface area contributed by atoms with Gasteiger partial charge < -0.3 is 15.3 Å². The van der Waals surface area contributed by atoms with Crippen molar-refractivity contribution in [3.8, 4) is 0 Å². The summed E-state index contributed by atoms with van der Waals surface area (Å²) in [4.78, 5) is 0. The Balaban J connectivity index is 1.62. The van der Waals surface area contributed by atoms with Gasteiger partial charge in [0.1, 0.15) is 6.10 Å². The predicted octanol–water partition coefficient (Wildman–Crippen LogP) is 3.71. The third kappa shape index (κ3) is 2.20. The minimum atomic E-state index is -1.87. The molecule has 0 radical (unpaired) electrons. The smallest absolute Gasteiger partial charge is 0.189 e. The molecule has 0 aromatic carbocycles. The monoisotopic (exact) mass is 336 g/mol. The molecule has 0 amide bonds. The maximum absolute atomic E-state index is 10.3. The molecule has 0 saturated heterocycles. The molecular weight excluding hydrogens is 300 g/mol. The zero-order valence-electron chi connectivity index (χ0n) is 15.7. The first kappa shape index (κ1) is 17.3. The molecule has 0 aliphatic heterocycles. The number of aliphatic hydroxyl groups excluding tert-OH is 1. The lowest BCUT2D eigenvalue weighted by Gasteiger charge is -2.62. The van der Waals surface area contributed by atoms with Crippen LogP contribution in [-0.2, 0) is 0 Å². The average Bonchev–Trinajstić information content (AvgIpc) is 2.85. The maximum atomic E-state index is 10.3. The van der Waals surface area contributed by atoms with Crippen molar-refractivity contribution < 1.29 is 15.3 Å². The summed E-state index contributed by atoms with van der Waals surface area (Å²) in [5.41, 5.74) is 0.618. The van der Waals surface area contributed by atoms with E-state index in [0.29, 0.717) is 30.1 Å². The highest BCUT2D eigenvalue weighted by atomic mass is 16.5. The first-order chi connectivity index (χ1) is 11.2. The Morgan fingerprint density at radius 3 is 2.29 bits per heavy atom. The molecule has 24 heavy (non-hydrogen) atoms. The van der Waals surface area contributed by atoms with Crippen molar-refractivity contribution in [3.05, 3.63) is 0 Å². The van der Waals surface area contributed by atoms with E-state index in [1.165, 1.54) is 38.5 Å². The summed E-state index contributed by atoms with van der Waals surface area (Å²) in [5, 5.41) is 30.7. The van der Waals surface area contributed by atoms with Crippen molar-refractivity contribution in [2.45, 2.75) is 90.4 Å². The predicted molar refractivity (Wildman–Crippen MR) is 94.1 cm³/mol. The third-order valence-electron chi connectivity index (χ3n) is 9.47. The van der Waals surface area contributed by atoms with Crippen LogP contribution >= 0.6 is 0 Å². The molecule has 0 aromatic heterocycles. The molecule has 4 aliphatic carbocycles. The van der Waals surface area contributed by atoms with Crippen LogP contribution in [0.25, 0.3) is 0 Å². The molecule has 2 unspecified atom stereocenters. The summed E-state index contributed by atoms with van der Waals surface area (Å²) in [6.45, 7) is 7.27. The number of hydrogen-bond acceptors (Lipinski definition) is 3. The minimum absolute atomic E-state index is 0.0862. The highest BCUT2D eigenvalue weighted by Crippen LogP contribution is 2.68. The number of fused-ring (bicyclic) bond motifs is 5. The number of aliphatic hydroxyl groups is 3. The zero-order valence-corrected chi connectivity index (χ0v) is 15.7. The summed E-state index contributed by atoms with van der Waals surface area (Å²) < 4.78 is 0. The summed E-state index contributed by atoms with van der Waals surface area (Å²) >= 11 is 0. The van der Waals surface area contributed by atoms with Crippen LogP contribution < -0.4 is 0 Å². The van der Waals surface area contributed by atoms with E-state index < -0.39 is 11.9 Å². The lowest BCUT2D eigenvalue weighted by molar-refractivity contribution is -0.284. The van der Waals surface area contributed by atoms with E-state index in [-0.39, 0.29) is 5.41 Å². The van der Waals surface area contributed by atoms with E-state index in [9.17, 15) is 15.3 Å². The number of hydrogen-bond donors (Lipinski definition) is 3. The van der Waals surface area contributed by atoms with E-state index in [0.717, 1.165) is 24.2 Å². The van der Waals surface area contributed by atoms with Crippen molar-refractivity contribution in [3.63, 3.8) is 0 Å². The Bertz CT molecular complexity index is 503. The first-order valence-corrected chi connectivity index (χ1v) is 10.3. The number of rotatable bonds is 1. The molecule has 8 atom stereocenters. The van der Waals surface area contributed by atoms with Crippen LogP contribution in [0.15, 0.2) is 0 Å². The van der Waals surface area contributed by atoms with Crippen LogP contribution in [0.3, 0.4) is 0 Å². The molecule has 4 rings (SSSR count). The van der Waals surface area contributed by atoms with E-state index in [1.807, 2.05) is 0 Å². The molecule has 3 heteroatoms. The van der Waals surface area contributed by atoms with Gasteiger partial charge in [-0.05, 0) is 85.4 Å². The van der Waals surface area contributed by atoms with Crippen molar-refractivity contribution in [2.75, 3.05) is 0 Å². The molecule has 0 heterocycles. The second-order valence-electron chi connectivity index (χ2n) is 10.2. The van der Waals surface area contributed by atoms with Crippen LogP contribution in [0.1, 0.15) is 78.6 Å². The maximum Gasteiger partial charge on any atom is 0.189 e. The van der Waals surface area contributed by atoms with Crippen molar-refractivity contribution in [2.24, 2.45) is 40.4 Å². The molecule has 3 nitrogen and oxygen atoms in total. The minimum Gasteiger partial charge on any atom is -0.388 e. The average molecular weight is 337 g/mol. The lowest BCUT2D eigenvalue weighted by atomic mass is 9.44. The van der Waals surface area contributed by atoms with E-state index in [1.54, 1.807) is 0 Å². The first-order valence-electron chi connectivity index (χ1n) is 10.3. The molecule has 4 fully saturated rings. The fourth-order valence-electron chi connectivity index (χ4n) is 8.05. The van der Waals surface area contributed by atoms with Gasteiger partial charge in [-0.1, -0.05) is 27.2 Å². The Kier molecular flexibility index (Phi) is 3.92. The molecular formula is C21H36O3. The Morgan fingerprint density at radius 2 is 1.58 bits per heavy atom. The fourth-order valence-corrected chi connectivity index (χ4v) is 8.05. The van der Waals surface area contributed by atoms with Crippen LogP contribution in [0.5, 0.6) is 0 Å². The summed E-state index contributed by atoms with van der Waals surface area (Å²) in [5.74, 6) is 1.68. The van der Waals surface area contributed by atoms with Gasteiger partial charge in [-0.3, -0.25) is 0 Å². The topological polar surface area (TPSA) is 60.7 Å². The third-order valence-corrected chi connectivity index (χ3v) is 9.47. The van der Waals surface area contributed by atoms with Gasteiger partial charge in [-0.15, -0.1) is 0 Å². The summed E-state index contributed by atoms with van der Waals surface area (Å²) in [7, 11) is 0. The molecule has 0 bridgehead atoms. The van der Waals surface area contributed by atoms with Gasteiger partial charge in [0.15, 0.2) is 5.79 Å². The van der Waals surface area contributed by atoms with Gasteiger partial charge >= 0.3 is 0 Å². The van der Waals surface area contributed by atoms with Gasteiger partial charge in [-0.2, -0.15) is 0 Å². The van der Waals surface area contributed by atoms with Crippen LogP contribution in [-0.4, -0.2) is 27.2 Å². The fraction of sp³-hybridized carbons (Fsp3) is 1.00. The second-order valence-corrected chi connectivity index (χ2v) is 10.2. The Labute approximate surface area is 146 Å². The molecule has 4 saturated carbocycles. The SMILES string of the molecule is CC[C@H]1CC[C@H]2[C@@H]3CCC4CC(O)(O)C(O)C[C@]4(C)[C@H]3CC[C@]12C. The van der Waals surface area contributed by atoms with Crippen molar-refractivity contribution in [1.82, 2.24) is 0 Å². The normalized spacial score (nSPS) is 56.2. The molecule has 0 spiro atoms. The van der Waals surface area contributed by atoms with Crippen molar-refractivity contribution in [1.29, 1.82) is 0 Å². The van der Waals surface area contributed by atoms with Crippen LogP contribution in [0, 0.1) is 40.4 Å². The van der Waals surface area contributed by atoms with E-state index in [2.05, 4.69) is 20.8 Å². The molecule has 3 N–H and O–H groups in total. The van der Waals surface area contributed by atoms with Crippen molar-refractivity contribution >= 4 is 0 Å². The Morgan fingerprint density at radius 1 is 0.875 bits per heavy atom. The standard InChI is InChI=1S/C21H36O3/c1-4-13-6-8-16-15-7-5-14-11-21(23,24)18(22)12-20(14,3)17(15)9-10-19(13,16)2/h13-18,22-24H,4-12H2,1-3H3/t13-,14?,15-,16-,17-,18?,19+,20-/m0/s1. The largest absolute Gasteiger partial charge is 0.388 e. The highest BCUT2D eigenvalue weighted by Gasteiger charge is 2.62. The molecule has 4 aliphatic rings.